The number of rotatable bonds is 12. The largest absolute Gasteiger partial charge is 0.489 e. The molecule has 0 aromatic heterocycles. The number of carbonyl (C=O) groups excluding carboxylic acids is 1. The van der Waals surface area contributed by atoms with E-state index < -0.39 is 0 Å². The number of nitriles is 1. The Balaban J connectivity index is 1.33. The smallest absolute Gasteiger partial charge is 0.216 e. The van der Waals surface area contributed by atoms with Crippen molar-refractivity contribution in [1.82, 2.24) is 10.6 Å². The number of amides is 1. The van der Waals surface area contributed by atoms with Crippen LogP contribution in [-0.4, -0.2) is 32.2 Å². The molecule has 4 aromatic rings. The molecular weight excluding hydrogens is 554 g/mol. The number of hydrogen-bond acceptors (Lipinski definition) is 7. The highest BCUT2D eigenvalue weighted by Gasteiger charge is 2.16. The van der Waals surface area contributed by atoms with Crippen molar-refractivity contribution in [3.8, 4) is 40.2 Å². The van der Waals surface area contributed by atoms with Gasteiger partial charge >= 0.3 is 0 Å². The Hall–Kier alpha value is -5.00. The van der Waals surface area contributed by atoms with Crippen LogP contribution in [0.25, 0.3) is 11.1 Å². The molecule has 1 aliphatic rings. The lowest BCUT2D eigenvalue weighted by molar-refractivity contribution is -0.118. The Morgan fingerprint density at radius 1 is 0.909 bits per heavy atom. The van der Waals surface area contributed by atoms with Crippen LogP contribution < -0.4 is 29.6 Å². The van der Waals surface area contributed by atoms with Crippen molar-refractivity contribution in [2.45, 2.75) is 40.5 Å². The first kappa shape index (κ1) is 30.5. The van der Waals surface area contributed by atoms with Gasteiger partial charge in [0.05, 0.1) is 11.6 Å². The zero-order valence-electron chi connectivity index (χ0n) is 25.4. The zero-order chi connectivity index (χ0) is 30.9. The molecule has 0 unspecified atom stereocenters. The maximum atomic E-state index is 11.2. The Bertz CT molecular complexity index is 1680. The summed E-state index contributed by atoms with van der Waals surface area (Å²) in [4.78, 5) is 11.2. The summed E-state index contributed by atoms with van der Waals surface area (Å²) in [6, 6.07) is 25.8. The number of benzene rings is 4. The van der Waals surface area contributed by atoms with Crippen LogP contribution in [0.2, 0.25) is 0 Å². The van der Waals surface area contributed by atoms with Crippen molar-refractivity contribution in [2.24, 2.45) is 0 Å². The van der Waals surface area contributed by atoms with Gasteiger partial charge in [0.25, 0.3) is 0 Å². The molecule has 8 nitrogen and oxygen atoms in total. The summed E-state index contributed by atoms with van der Waals surface area (Å²) in [6.45, 7) is 9.20. The molecule has 226 valence electrons. The molecule has 44 heavy (non-hydrogen) atoms. The second-order valence-corrected chi connectivity index (χ2v) is 10.7. The van der Waals surface area contributed by atoms with Gasteiger partial charge in [-0.15, -0.1) is 0 Å². The zero-order valence-corrected chi connectivity index (χ0v) is 25.4. The molecule has 0 fully saturated rings. The van der Waals surface area contributed by atoms with E-state index in [2.05, 4.69) is 41.8 Å². The molecule has 0 saturated carbocycles. The molecule has 0 bridgehead atoms. The molecule has 0 spiro atoms. The minimum Gasteiger partial charge on any atom is -0.489 e. The van der Waals surface area contributed by atoms with Gasteiger partial charge in [-0.3, -0.25) is 4.79 Å². The Morgan fingerprint density at radius 2 is 1.73 bits per heavy atom. The van der Waals surface area contributed by atoms with Gasteiger partial charge in [-0.2, -0.15) is 5.26 Å². The van der Waals surface area contributed by atoms with Gasteiger partial charge in [-0.05, 0) is 77.6 Å². The molecule has 5 rings (SSSR count). The number of aryl methyl sites for hydroxylation is 1. The Kier molecular flexibility index (Phi) is 10.0. The molecule has 8 heteroatoms. The van der Waals surface area contributed by atoms with Gasteiger partial charge < -0.3 is 29.6 Å². The number of hydrogen-bond donors (Lipinski definition) is 2. The number of carbonyl (C=O) groups is 1. The van der Waals surface area contributed by atoms with Crippen molar-refractivity contribution in [1.29, 1.82) is 5.26 Å². The summed E-state index contributed by atoms with van der Waals surface area (Å²) in [5.41, 5.74) is 7.92. The first-order valence-corrected chi connectivity index (χ1v) is 14.7. The Morgan fingerprint density at radius 3 is 2.55 bits per heavy atom. The third kappa shape index (κ3) is 7.68. The molecule has 1 aliphatic heterocycles. The normalized spacial score (nSPS) is 11.9. The first-order valence-electron chi connectivity index (χ1n) is 14.7. The third-order valence-corrected chi connectivity index (χ3v) is 7.53. The van der Waals surface area contributed by atoms with Crippen LogP contribution in [0.1, 0.15) is 40.3 Å². The lowest BCUT2D eigenvalue weighted by Crippen LogP contribution is -2.30. The summed E-state index contributed by atoms with van der Waals surface area (Å²) in [5, 5.41) is 15.5. The van der Waals surface area contributed by atoms with Crippen LogP contribution in [0.4, 0.5) is 0 Å². The molecular formula is C36H37N3O5. The van der Waals surface area contributed by atoms with E-state index in [1.165, 1.54) is 6.92 Å². The molecule has 0 atom stereocenters. The molecule has 1 amide bonds. The molecule has 4 aromatic carbocycles. The van der Waals surface area contributed by atoms with E-state index in [0.717, 1.165) is 50.4 Å². The highest BCUT2D eigenvalue weighted by Crippen LogP contribution is 2.36. The first-order chi connectivity index (χ1) is 21.4. The maximum Gasteiger partial charge on any atom is 0.216 e. The molecule has 0 aliphatic carbocycles. The number of fused-ring (bicyclic) bond motifs is 1. The van der Waals surface area contributed by atoms with Gasteiger partial charge in [0.15, 0.2) is 11.5 Å². The highest BCUT2D eigenvalue weighted by molar-refractivity contribution is 5.73. The SMILES string of the molecule is CC(=O)NCCNCc1c(C)cc(OCc2cccc(-c3ccc4c(c3)OCCO4)c2C)cc1OCc1cccc(C#N)c1. The van der Waals surface area contributed by atoms with Gasteiger partial charge in [-0.25, -0.2) is 0 Å². The molecule has 2 N–H and O–H groups in total. The lowest BCUT2D eigenvalue weighted by atomic mass is 9.96. The lowest BCUT2D eigenvalue weighted by Gasteiger charge is -2.20. The fourth-order valence-corrected chi connectivity index (χ4v) is 5.15. The standard InChI is InChI=1S/C36H37N3O5/c1-24-16-31(43-23-30-8-5-9-32(25(30)2)29-10-11-34-36(18-29)42-15-14-41-34)19-35(33(24)21-38-12-13-39-26(3)40)44-22-28-7-4-6-27(17-28)20-37/h4-11,16-19,38H,12-15,21-23H2,1-3H3,(H,39,40). The van der Waals surface area contributed by atoms with Crippen LogP contribution in [0.15, 0.2) is 72.8 Å². The van der Waals surface area contributed by atoms with Gasteiger partial charge in [0, 0.05) is 38.2 Å². The Labute approximate surface area is 258 Å². The summed E-state index contributed by atoms with van der Waals surface area (Å²) >= 11 is 0. The predicted octanol–water partition coefficient (Wildman–Crippen LogP) is 6.00. The van der Waals surface area contributed by atoms with E-state index >= 15 is 0 Å². The highest BCUT2D eigenvalue weighted by atomic mass is 16.6. The average molecular weight is 592 g/mol. The van der Waals surface area contributed by atoms with Crippen LogP contribution in [-0.2, 0) is 24.6 Å². The predicted molar refractivity (Wildman–Crippen MR) is 169 cm³/mol. The van der Waals surface area contributed by atoms with Crippen LogP contribution in [0.3, 0.4) is 0 Å². The minimum absolute atomic E-state index is 0.0554. The quantitative estimate of drug-likeness (QED) is 0.195. The van der Waals surface area contributed by atoms with Crippen molar-refractivity contribution < 1.29 is 23.7 Å². The van der Waals surface area contributed by atoms with E-state index in [1.54, 1.807) is 6.07 Å². The topological polar surface area (TPSA) is 102 Å². The molecule has 0 radical (unpaired) electrons. The van der Waals surface area contributed by atoms with Crippen LogP contribution in [0.5, 0.6) is 23.0 Å². The number of ether oxygens (including phenoxy) is 4. The van der Waals surface area contributed by atoms with Gasteiger partial charge in [0.1, 0.15) is 37.9 Å². The second kappa shape index (κ2) is 14.5. The fraction of sp³-hybridized carbons (Fsp3) is 0.278. The van der Waals surface area contributed by atoms with E-state index in [9.17, 15) is 10.1 Å². The molecule has 0 saturated heterocycles. The maximum absolute atomic E-state index is 11.2. The van der Waals surface area contributed by atoms with Crippen molar-refractivity contribution in [3.05, 3.63) is 106 Å². The second-order valence-electron chi connectivity index (χ2n) is 10.7. The summed E-state index contributed by atoms with van der Waals surface area (Å²) in [6.07, 6.45) is 0. The number of nitrogens with zero attached hydrogens (tertiary/aromatic N) is 1. The van der Waals surface area contributed by atoms with Crippen LogP contribution in [0, 0.1) is 25.2 Å². The van der Waals surface area contributed by atoms with Gasteiger partial charge in [-0.1, -0.05) is 36.4 Å². The summed E-state index contributed by atoms with van der Waals surface area (Å²) in [5.74, 6) is 2.89. The van der Waals surface area contributed by atoms with Crippen molar-refractivity contribution in [3.63, 3.8) is 0 Å². The molecule has 1 heterocycles. The minimum atomic E-state index is -0.0554. The van der Waals surface area contributed by atoms with E-state index in [0.29, 0.717) is 63.1 Å². The summed E-state index contributed by atoms with van der Waals surface area (Å²) < 4.78 is 24.2. The van der Waals surface area contributed by atoms with Gasteiger partial charge in [0.2, 0.25) is 5.91 Å². The fourth-order valence-electron chi connectivity index (χ4n) is 5.15. The van der Waals surface area contributed by atoms with Crippen LogP contribution >= 0.6 is 0 Å². The van der Waals surface area contributed by atoms with E-state index in [4.69, 9.17) is 18.9 Å². The average Bonchev–Trinajstić information content (AvgIpc) is 3.03. The monoisotopic (exact) mass is 591 g/mol. The summed E-state index contributed by atoms with van der Waals surface area (Å²) in [7, 11) is 0. The van der Waals surface area contributed by atoms with Crippen molar-refractivity contribution in [2.75, 3.05) is 26.3 Å². The van der Waals surface area contributed by atoms with Crippen molar-refractivity contribution >= 4 is 5.91 Å². The number of nitrogens with one attached hydrogen (secondary N) is 2. The van der Waals surface area contributed by atoms with E-state index in [1.807, 2.05) is 55.5 Å². The van der Waals surface area contributed by atoms with E-state index in [-0.39, 0.29) is 5.91 Å². The third-order valence-electron chi connectivity index (χ3n) is 7.53.